The van der Waals surface area contributed by atoms with E-state index in [1.807, 2.05) is 41.7 Å². The van der Waals surface area contributed by atoms with Crippen LogP contribution in [0.15, 0.2) is 174 Å². The van der Waals surface area contributed by atoms with E-state index in [0.29, 0.717) is 5.89 Å². The van der Waals surface area contributed by atoms with Gasteiger partial charge in [-0.05, 0) is 94.0 Å². The second kappa shape index (κ2) is 11.2. The highest BCUT2D eigenvalue weighted by atomic mass is 32.1. The third kappa shape index (κ3) is 4.68. The lowest BCUT2D eigenvalue weighted by atomic mass is 10.00. The Bertz CT molecular complexity index is 2820. The molecule has 2 aromatic heterocycles. The molecule has 0 saturated heterocycles. The number of aromatic nitrogens is 1. The maximum atomic E-state index is 6.46. The first kappa shape index (κ1) is 27.8. The molecule has 0 aliphatic heterocycles. The molecule has 10 rings (SSSR count). The number of rotatable bonds is 5. The fourth-order valence-corrected chi connectivity index (χ4v) is 8.24. The molecule has 0 aliphatic carbocycles. The molecule has 0 amide bonds. The van der Waals surface area contributed by atoms with Gasteiger partial charge in [0.05, 0.1) is 0 Å². The van der Waals surface area contributed by atoms with Gasteiger partial charge in [-0.1, -0.05) is 103 Å². The van der Waals surface area contributed by atoms with E-state index in [1.165, 1.54) is 31.3 Å². The topological polar surface area (TPSA) is 29.3 Å². The molecule has 0 fully saturated rings. The summed E-state index contributed by atoms with van der Waals surface area (Å²) in [6, 6.07) is 60.4. The average molecular weight is 645 g/mol. The van der Waals surface area contributed by atoms with Crippen molar-refractivity contribution in [2.24, 2.45) is 0 Å². The summed E-state index contributed by atoms with van der Waals surface area (Å²) in [6.45, 7) is 0. The van der Waals surface area contributed by atoms with Crippen molar-refractivity contribution in [3.8, 4) is 22.6 Å². The first-order valence-corrected chi connectivity index (χ1v) is 17.3. The molecule has 8 aromatic carbocycles. The van der Waals surface area contributed by atoms with Crippen LogP contribution in [-0.2, 0) is 0 Å². The molecule has 0 spiro atoms. The Balaban J connectivity index is 1.07. The Kier molecular flexibility index (Phi) is 6.36. The van der Waals surface area contributed by atoms with Crippen LogP contribution in [0.3, 0.4) is 0 Å². The van der Waals surface area contributed by atoms with Crippen molar-refractivity contribution < 1.29 is 4.42 Å². The molecule has 230 valence electrons. The van der Waals surface area contributed by atoms with E-state index in [1.54, 1.807) is 0 Å². The Morgan fingerprint density at radius 1 is 0.449 bits per heavy atom. The van der Waals surface area contributed by atoms with Crippen LogP contribution in [0.1, 0.15) is 0 Å². The minimum atomic E-state index is 0.638. The third-order valence-electron chi connectivity index (χ3n) is 9.47. The van der Waals surface area contributed by atoms with Gasteiger partial charge in [-0.2, -0.15) is 0 Å². The van der Waals surface area contributed by atoms with Crippen molar-refractivity contribution >= 4 is 81.2 Å². The number of oxazole rings is 1. The van der Waals surface area contributed by atoms with Crippen molar-refractivity contribution in [3.05, 3.63) is 170 Å². The summed E-state index contributed by atoms with van der Waals surface area (Å²) < 4.78 is 9.10. The summed E-state index contributed by atoms with van der Waals surface area (Å²) in [6.07, 6.45) is 0. The van der Waals surface area contributed by atoms with Gasteiger partial charge >= 0.3 is 0 Å². The highest BCUT2D eigenvalue weighted by Crippen LogP contribution is 2.41. The van der Waals surface area contributed by atoms with Gasteiger partial charge in [-0.15, -0.1) is 11.3 Å². The summed E-state index contributed by atoms with van der Waals surface area (Å²) in [7, 11) is 0. The molecule has 49 heavy (non-hydrogen) atoms. The molecule has 2 heterocycles. The summed E-state index contributed by atoms with van der Waals surface area (Å²) in [5.41, 5.74) is 8.37. The van der Waals surface area contributed by atoms with Crippen LogP contribution in [0.2, 0.25) is 0 Å². The maximum Gasteiger partial charge on any atom is 0.227 e. The lowest BCUT2D eigenvalue weighted by Gasteiger charge is -2.26. The summed E-state index contributed by atoms with van der Waals surface area (Å²) in [5.74, 6) is 0.638. The zero-order chi connectivity index (χ0) is 32.3. The van der Waals surface area contributed by atoms with Gasteiger partial charge in [0.2, 0.25) is 5.89 Å². The summed E-state index contributed by atoms with van der Waals surface area (Å²) >= 11 is 1.86. The van der Waals surface area contributed by atoms with E-state index in [-0.39, 0.29) is 0 Å². The molecule has 0 saturated carbocycles. The van der Waals surface area contributed by atoms with Gasteiger partial charge < -0.3 is 9.32 Å². The fourth-order valence-electron chi connectivity index (χ4n) is 7.10. The zero-order valence-corrected chi connectivity index (χ0v) is 27.2. The van der Waals surface area contributed by atoms with Crippen molar-refractivity contribution in [2.75, 3.05) is 4.90 Å². The normalized spacial score (nSPS) is 11.7. The number of fused-ring (bicyclic) bond motifs is 8. The van der Waals surface area contributed by atoms with E-state index in [2.05, 4.69) is 144 Å². The van der Waals surface area contributed by atoms with Crippen molar-refractivity contribution in [2.45, 2.75) is 0 Å². The smallest absolute Gasteiger partial charge is 0.227 e. The molecular weight excluding hydrogens is 617 g/mol. The Morgan fingerprint density at radius 2 is 1.10 bits per heavy atom. The Labute approximate surface area is 286 Å². The lowest BCUT2D eigenvalue weighted by Crippen LogP contribution is -2.09. The number of hydrogen-bond acceptors (Lipinski definition) is 4. The number of anilines is 3. The van der Waals surface area contributed by atoms with Gasteiger partial charge in [-0.3, -0.25) is 0 Å². The minimum Gasteiger partial charge on any atom is -0.435 e. The fraction of sp³-hybridized carbons (Fsp3) is 0. The largest absolute Gasteiger partial charge is 0.435 e. The van der Waals surface area contributed by atoms with Gasteiger partial charge in [0.25, 0.3) is 0 Å². The van der Waals surface area contributed by atoms with Gasteiger partial charge in [-0.25, -0.2) is 4.98 Å². The first-order valence-electron chi connectivity index (χ1n) is 16.5. The van der Waals surface area contributed by atoms with Gasteiger partial charge in [0, 0.05) is 48.2 Å². The Morgan fingerprint density at radius 3 is 1.96 bits per heavy atom. The van der Waals surface area contributed by atoms with Crippen LogP contribution in [0.5, 0.6) is 0 Å². The van der Waals surface area contributed by atoms with E-state index in [4.69, 9.17) is 9.40 Å². The predicted molar refractivity (Wildman–Crippen MR) is 207 cm³/mol. The van der Waals surface area contributed by atoms with Crippen LogP contribution in [0.25, 0.3) is 75.4 Å². The van der Waals surface area contributed by atoms with Crippen LogP contribution >= 0.6 is 11.3 Å². The molecule has 10 aromatic rings. The van der Waals surface area contributed by atoms with Crippen LogP contribution in [0.4, 0.5) is 17.1 Å². The summed E-state index contributed by atoms with van der Waals surface area (Å²) in [4.78, 5) is 7.17. The number of thiophene rings is 1. The second-order valence-corrected chi connectivity index (χ2v) is 13.5. The molecule has 3 nitrogen and oxygen atoms in total. The van der Waals surface area contributed by atoms with Crippen LogP contribution < -0.4 is 4.90 Å². The molecule has 0 unspecified atom stereocenters. The SMILES string of the molecule is c1ccc(-c2nc3ccc4ccc5cc(N(c6ccccc6)c6ccc(-c7ccc8c(c7)sc7ccccc78)cc6)ccc5c4c3o2)cc1. The van der Waals surface area contributed by atoms with E-state index in [0.717, 1.165) is 55.3 Å². The molecule has 0 N–H and O–H groups in total. The molecule has 0 aliphatic rings. The minimum absolute atomic E-state index is 0.638. The highest BCUT2D eigenvalue weighted by molar-refractivity contribution is 7.25. The van der Waals surface area contributed by atoms with Crippen LogP contribution in [-0.4, -0.2) is 4.98 Å². The molecule has 0 radical (unpaired) electrons. The molecule has 0 bridgehead atoms. The van der Waals surface area contributed by atoms with Crippen molar-refractivity contribution in [1.82, 2.24) is 4.98 Å². The van der Waals surface area contributed by atoms with E-state index in [9.17, 15) is 0 Å². The zero-order valence-electron chi connectivity index (χ0n) is 26.4. The number of benzene rings is 8. The Hall–Kier alpha value is -6.23. The third-order valence-corrected chi connectivity index (χ3v) is 10.6. The second-order valence-electron chi connectivity index (χ2n) is 12.4. The summed E-state index contributed by atoms with van der Waals surface area (Å²) in [5, 5.41) is 7.15. The molecule has 4 heteroatoms. The van der Waals surface area contributed by atoms with E-state index < -0.39 is 0 Å². The number of hydrogen-bond donors (Lipinski definition) is 0. The van der Waals surface area contributed by atoms with Crippen LogP contribution in [0, 0.1) is 0 Å². The highest BCUT2D eigenvalue weighted by Gasteiger charge is 2.17. The van der Waals surface area contributed by atoms with Crippen molar-refractivity contribution in [3.63, 3.8) is 0 Å². The quantitative estimate of drug-likeness (QED) is 0.175. The van der Waals surface area contributed by atoms with E-state index >= 15 is 0 Å². The first-order chi connectivity index (χ1) is 24.3. The number of nitrogens with zero attached hydrogens (tertiary/aromatic N) is 2. The lowest BCUT2D eigenvalue weighted by molar-refractivity contribution is 0.623. The van der Waals surface area contributed by atoms with Crippen molar-refractivity contribution in [1.29, 1.82) is 0 Å². The standard InChI is InChI=1S/C45H28N2OS/c1-3-9-31(10-4-1)45-46-40-26-20-30-15-16-33-27-36(23-25-37(33)43(30)44(40)48-45)47(34-11-5-2-6-12-34)35-21-17-29(18-22-35)32-19-24-39-38-13-7-8-14-41(38)49-42(39)28-32/h1-28H. The average Bonchev–Trinajstić information content (AvgIpc) is 3.78. The molecule has 0 atom stereocenters. The maximum absolute atomic E-state index is 6.46. The number of para-hydroxylation sites is 1. The monoisotopic (exact) mass is 644 g/mol. The predicted octanol–water partition coefficient (Wildman–Crippen LogP) is 13.3. The molecular formula is C45H28N2OS. The van der Waals surface area contributed by atoms with Gasteiger partial charge in [0.15, 0.2) is 5.58 Å². The van der Waals surface area contributed by atoms with Gasteiger partial charge in [0.1, 0.15) is 5.52 Å².